The van der Waals surface area contributed by atoms with E-state index in [1.54, 1.807) is 26.0 Å². The van der Waals surface area contributed by atoms with Crippen LogP contribution < -0.4 is 9.47 Å². The summed E-state index contributed by atoms with van der Waals surface area (Å²) in [5.41, 5.74) is 3.57. The van der Waals surface area contributed by atoms with Gasteiger partial charge in [0.05, 0.1) is 19.3 Å². The molecule has 0 fully saturated rings. The van der Waals surface area contributed by atoms with Crippen LogP contribution >= 0.6 is 11.6 Å². The molecule has 0 aliphatic carbocycles. The summed E-state index contributed by atoms with van der Waals surface area (Å²) in [6.07, 6.45) is -0.0689. The fourth-order valence-corrected chi connectivity index (χ4v) is 5.90. The lowest BCUT2D eigenvalue weighted by molar-refractivity contribution is -0.146. The van der Waals surface area contributed by atoms with Crippen molar-refractivity contribution < 1.29 is 33.6 Å². The molecule has 0 radical (unpaired) electrons. The molecule has 0 aliphatic heterocycles. The van der Waals surface area contributed by atoms with Gasteiger partial charge in [-0.25, -0.2) is 9.59 Å². The Bertz CT molecular complexity index is 1540. The van der Waals surface area contributed by atoms with Crippen LogP contribution in [0.15, 0.2) is 103 Å². The standard InChI is InChI=1S/C40H46ClNO7/c1-5-46-38(44)27-48-34-19-15-30(16-20-34)36(31-17-21-35(22-18-31)49-28-39(45)47-6-2)24-40(3,4)42(25-29-11-8-7-9-12-29)26-37(43)32-13-10-14-33(41)23-32/h7-23,36-37,43H,5-6,24-28H2,1-4H3/t37-/m0/s1. The number of aliphatic hydroxyl groups excluding tert-OH is 1. The molecule has 0 bridgehead atoms. The third-order valence-corrected chi connectivity index (χ3v) is 8.53. The minimum Gasteiger partial charge on any atom is -0.482 e. The van der Waals surface area contributed by atoms with E-state index in [-0.39, 0.29) is 19.1 Å². The van der Waals surface area contributed by atoms with E-state index in [9.17, 15) is 14.7 Å². The van der Waals surface area contributed by atoms with E-state index in [0.717, 1.165) is 22.3 Å². The fourth-order valence-electron chi connectivity index (χ4n) is 5.70. The predicted octanol–water partition coefficient (Wildman–Crippen LogP) is 7.76. The van der Waals surface area contributed by atoms with Gasteiger partial charge in [-0.1, -0.05) is 78.3 Å². The second-order valence-corrected chi connectivity index (χ2v) is 12.8. The van der Waals surface area contributed by atoms with Crippen LogP contribution in [0, 0.1) is 0 Å². The van der Waals surface area contributed by atoms with Gasteiger partial charge < -0.3 is 24.1 Å². The number of esters is 2. The highest BCUT2D eigenvalue weighted by molar-refractivity contribution is 6.30. The summed E-state index contributed by atoms with van der Waals surface area (Å²) >= 11 is 6.28. The number of hydrogen-bond acceptors (Lipinski definition) is 8. The molecule has 49 heavy (non-hydrogen) atoms. The van der Waals surface area contributed by atoms with E-state index >= 15 is 0 Å². The van der Waals surface area contributed by atoms with E-state index in [2.05, 4.69) is 30.9 Å². The number of ether oxygens (including phenoxy) is 4. The van der Waals surface area contributed by atoms with Crippen molar-refractivity contribution in [1.29, 1.82) is 0 Å². The molecule has 4 rings (SSSR count). The molecule has 0 saturated heterocycles. The number of aliphatic hydroxyl groups is 1. The summed E-state index contributed by atoms with van der Waals surface area (Å²) in [4.78, 5) is 26.0. The zero-order valence-electron chi connectivity index (χ0n) is 28.6. The maximum Gasteiger partial charge on any atom is 0.344 e. The van der Waals surface area contributed by atoms with Crippen molar-refractivity contribution in [3.8, 4) is 11.5 Å². The second kappa shape index (κ2) is 18.4. The number of hydrogen-bond donors (Lipinski definition) is 1. The summed E-state index contributed by atoms with van der Waals surface area (Å²) in [6.45, 7) is 9.17. The van der Waals surface area contributed by atoms with Gasteiger partial charge in [0.2, 0.25) is 0 Å². The topological polar surface area (TPSA) is 94.5 Å². The molecule has 1 atom stereocenters. The molecule has 8 nitrogen and oxygen atoms in total. The summed E-state index contributed by atoms with van der Waals surface area (Å²) in [6, 6.07) is 33.0. The summed E-state index contributed by atoms with van der Waals surface area (Å²) < 4.78 is 21.3. The first kappa shape index (κ1) is 37.4. The van der Waals surface area contributed by atoms with Crippen LogP contribution in [0.5, 0.6) is 11.5 Å². The number of benzene rings is 4. The summed E-state index contributed by atoms with van der Waals surface area (Å²) in [5, 5.41) is 12.0. The molecular formula is C40H46ClNO7. The van der Waals surface area contributed by atoms with Gasteiger partial charge in [0, 0.05) is 29.6 Å². The Hall–Kier alpha value is -4.37. The third kappa shape index (κ3) is 11.6. The second-order valence-electron chi connectivity index (χ2n) is 12.3. The van der Waals surface area contributed by atoms with Crippen molar-refractivity contribution in [3.05, 3.63) is 130 Å². The van der Waals surface area contributed by atoms with Crippen LogP contribution in [-0.4, -0.2) is 60.5 Å². The van der Waals surface area contributed by atoms with Crippen LogP contribution in [0.3, 0.4) is 0 Å². The van der Waals surface area contributed by atoms with Crippen molar-refractivity contribution in [2.24, 2.45) is 0 Å². The van der Waals surface area contributed by atoms with Crippen molar-refractivity contribution >= 4 is 23.5 Å². The molecule has 0 aliphatic rings. The number of nitrogens with zero attached hydrogens (tertiary/aromatic N) is 1. The first-order valence-electron chi connectivity index (χ1n) is 16.6. The van der Waals surface area contributed by atoms with Gasteiger partial charge in [-0.2, -0.15) is 0 Å². The minimum atomic E-state index is -0.758. The number of β-amino-alcohol motifs (C(OH)–C–C–N with tert-alkyl or cyclic N) is 1. The van der Waals surface area contributed by atoms with Gasteiger partial charge >= 0.3 is 11.9 Å². The molecule has 9 heteroatoms. The molecule has 0 amide bonds. The van der Waals surface area contributed by atoms with Crippen LogP contribution in [0.4, 0.5) is 0 Å². The Morgan fingerprint density at radius 3 is 1.76 bits per heavy atom. The molecule has 0 saturated carbocycles. The fraction of sp³-hybridized carbons (Fsp3) is 0.350. The van der Waals surface area contributed by atoms with E-state index in [1.807, 2.05) is 78.9 Å². The van der Waals surface area contributed by atoms with E-state index in [0.29, 0.717) is 49.2 Å². The maximum absolute atomic E-state index is 11.8. The van der Waals surface area contributed by atoms with Crippen molar-refractivity contribution in [2.45, 2.75) is 58.2 Å². The largest absolute Gasteiger partial charge is 0.482 e. The van der Waals surface area contributed by atoms with Crippen LogP contribution in [-0.2, 0) is 25.6 Å². The third-order valence-electron chi connectivity index (χ3n) is 8.29. The molecular weight excluding hydrogens is 642 g/mol. The van der Waals surface area contributed by atoms with Crippen LogP contribution in [0.1, 0.15) is 68.4 Å². The summed E-state index contributed by atoms with van der Waals surface area (Å²) in [7, 11) is 0. The molecule has 0 spiro atoms. The zero-order valence-corrected chi connectivity index (χ0v) is 29.4. The molecule has 1 N–H and O–H groups in total. The number of halogens is 1. The summed E-state index contributed by atoms with van der Waals surface area (Å²) in [5.74, 6) is 0.209. The quantitative estimate of drug-likeness (QED) is 0.106. The highest BCUT2D eigenvalue weighted by atomic mass is 35.5. The van der Waals surface area contributed by atoms with Gasteiger partial charge in [0.1, 0.15) is 11.5 Å². The molecule has 0 heterocycles. The number of carbonyl (C=O) groups is 2. The van der Waals surface area contributed by atoms with Gasteiger partial charge in [-0.3, -0.25) is 4.90 Å². The molecule has 0 aromatic heterocycles. The van der Waals surface area contributed by atoms with Gasteiger partial charge in [-0.05, 0) is 92.8 Å². The Labute approximate surface area is 294 Å². The predicted molar refractivity (Wildman–Crippen MR) is 191 cm³/mol. The lowest BCUT2D eigenvalue weighted by Gasteiger charge is -2.42. The Balaban J connectivity index is 1.64. The molecule has 260 valence electrons. The smallest absolute Gasteiger partial charge is 0.344 e. The van der Waals surface area contributed by atoms with Gasteiger partial charge in [0.25, 0.3) is 0 Å². The monoisotopic (exact) mass is 687 g/mol. The SMILES string of the molecule is CCOC(=O)COc1ccc(C(CC(C)(C)N(Cc2ccccc2)C[C@H](O)c2cccc(Cl)c2)c2ccc(OCC(=O)OCC)cc2)cc1. The average Bonchev–Trinajstić information content (AvgIpc) is 3.10. The average molecular weight is 688 g/mol. The first-order chi connectivity index (χ1) is 23.6. The lowest BCUT2D eigenvalue weighted by atomic mass is 9.80. The van der Waals surface area contributed by atoms with Gasteiger partial charge in [-0.15, -0.1) is 0 Å². The lowest BCUT2D eigenvalue weighted by Crippen LogP contribution is -2.46. The maximum atomic E-state index is 11.8. The van der Waals surface area contributed by atoms with Crippen molar-refractivity contribution in [1.82, 2.24) is 4.90 Å². The zero-order chi connectivity index (χ0) is 35.2. The minimum absolute atomic E-state index is 0.0743. The molecule has 0 unspecified atom stereocenters. The van der Waals surface area contributed by atoms with E-state index in [4.69, 9.17) is 30.5 Å². The Kier molecular flexibility index (Phi) is 14.1. The molecule has 4 aromatic carbocycles. The molecule has 4 aromatic rings. The van der Waals surface area contributed by atoms with Crippen LogP contribution in [0.25, 0.3) is 0 Å². The first-order valence-corrected chi connectivity index (χ1v) is 16.9. The van der Waals surface area contributed by atoms with Crippen molar-refractivity contribution in [3.63, 3.8) is 0 Å². The Morgan fingerprint density at radius 1 is 0.735 bits per heavy atom. The normalized spacial score (nSPS) is 12.1. The Morgan fingerprint density at radius 2 is 1.27 bits per heavy atom. The number of carbonyl (C=O) groups excluding carboxylic acids is 2. The number of rotatable bonds is 18. The van der Waals surface area contributed by atoms with Gasteiger partial charge in [0.15, 0.2) is 13.2 Å². The van der Waals surface area contributed by atoms with Crippen LogP contribution in [0.2, 0.25) is 5.02 Å². The van der Waals surface area contributed by atoms with Crippen molar-refractivity contribution in [2.75, 3.05) is 33.0 Å². The highest BCUT2D eigenvalue weighted by Crippen LogP contribution is 2.38. The van der Waals surface area contributed by atoms with E-state index < -0.39 is 23.6 Å². The van der Waals surface area contributed by atoms with E-state index in [1.165, 1.54) is 0 Å². The highest BCUT2D eigenvalue weighted by Gasteiger charge is 2.33.